The van der Waals surface area contributed by atoms with Crippen LogP contribution in [0, 0.1) is 0 Å². The maximum Gasteiger partial charge on any atom is 0.0879 e. The second kappa shape index (κ2) is 1.74. The Balaban J connectivity index is 2.05. The highest BCUT2D eigenvalue weighted by molar-refractivity contribution is 5.00. The van der Waals surface area contributed by atoms with Gasteiger partial charge >= 0.3 is 0 Å². The third-order valence-electron chi connectivity index (χ3n) is 2.66. The second-order valence-electron chi connectivity index (χ2n) is 4.00. The predicted molar refractivity (Wildman–Crippen MR) is 37.8 cm³/mol. The van der Waals surface area contributed by atoms with Gasteiger partial charge in [-0.2, -0.15) is 0 Å². The summed E-state index contributed by atoms with van der Waals surface area (Å²) in [5, 5.41) is 9.57. The van der Waals surface area contributed by atoms with Crippen LogP contribution in [0.3, 0.4) is 0 Å². The maximum atomic E-state index is 9.57. The van der Waals surface area contributed by atoms with Crippen LogP contribution in [-0.2, 0) is 4.74 Å². The first-order chi connectivity index (χ1) is 4.62. The molecule has 1 aliphatic heterocycles. The molecule has 2 heteroatoms. The Labute approximate surface area is 61.2 Å². The summed E-state index contributed by atoms with van der Waals surface area (Å²) in [5.74, 6) is 0. The van der Waals surface area contributed by atoms with Crippen LogP contribution in [0.5, 0.6) is 0 Å². The first kappa shape index (κ1) is 6.62. The molecule has 0 aromatic heterocycles. The van der Waals surface area contributed by atoms with Crippen molar-refractivity contribution in [3.63, 3.8) is 0 Å². The van der Waals surface area contributed by atoms with E-state index in [1.165, 1.54) is 6.42 Å². The highest BCUT2D eigenvalue weighted by Gasteiger charge is 2.49. The topological polar surface area (TPSA) is 29.5 Å². The van der Waals surface area contributed by atoms with Gasteiger partial charge < -0.3 is 9.84 Å². The molecule has 10 heavy (non-hydrogen) atoms. The first-order valence-corrected chi connectivity index (χ1v) is 3.98. The van der Waals surface area contributed by atoms with Gasteiger partial charge in [0, 0.05) is 6.42 Å². The van der Waals surface area contributed by atoms with Crippen LogP contribution in [-0.4, -0.2) is 22.9 Å². The van der Waals surface area contributed by atoms with E-state index in [0.717, 1.165) is 19.3 Å². The third-order valence-corrected chi connectivity index (χ3v) is 2.66. The fourth-order valence-electron chi connectivity index (χ4n) is 2.00. The molecule has 1 aliphatic carbocycles. The van der Waals surface area contributed by atoms with Gasteiger partial charge in [0.2, 0.25) is 0 Å². The molecular formula is C8H14O2. The SMILES string of the molecule is CC1(O)COC2(CCC2)C1. The fourth-order valence-corrected chi connectivity index (χ4v) is 2.00. The van der Waals surface area contributed by atoms with E-state index in [1.807, 2.05) is 6.92 Å². The molecule has 1 unspecified atom stereocenters. The lowest BCUT2D eigenvalue weighted by molar-refractivity contribution is -0.0583. The molecule has 0 aromatic rings. The Kier molecular flexibility index (Phi) is 1.15. The first-order valence-electron chi connectivity index (χ1n) is 3.98. The number of rotatable bonds is 0. The van der Waals surface area contributed by atoms with E-state index >= 15 is 0 Å². The van der Waals surface area contributed by atoms with Gasteiger partial charge in [-0.25, -0.2) is 0 Å². The smallest absolute Gasteiger partial charge is 0.0879 e. The molecule has 1 spiro atoms. The molecule has 1 heterocycles. The minimum absolute atomic E-state index is 0.101. The zero-order valence-electron chi connectivity index (χ0n) is 6.39. The van der Waals surface area contributed by atoms with Crippen molar-refractivity contribution in [2.45, 2.75) is 43.8 Å². The van der Waals surface area contributed by atoms with Gasteiger partial charge in [-0.05, 0) is 26.2 Å². The zero-order valence-corrected chi connectivity index (χ0v) is 6.39. The molecule has 1 N–H and O–H groups in total. The fraction of sp³-hybridized carbons (Fsp3) is 1.00. The summed E-state index contributed by atoms with van der Waals surface area (Å²) in [6.45, 7) is 2.40. The molecule has 1 saturated carbocycles. The van der Waals surface area contributed by atoms with Crippen molar-refractivity contribution in [3.05, 3.63) is 0 Å². The molecule has 58 valence electrons. The number of hydrogen-bond donors (Lipinski definition) is 1. The normalized spacial score (nSPS) is 43.8. The summed E-state index contributed by atoms with van der Waals surface area (Å²) in [7, 11) is 0. The van der Waals surface area contributed by atoms with Gasteiger partial charge in [0.1, 0.15) is 0 Å². The summed E-state index contributed by atoms with van der Waals surface area (Å²) in [6, 6.07) is 0. The summed E-state index contributed by atoms with van der Waals surface area (Å²) in [4.78, 5) is 0. The third kappa shape index (κ3) is 0.867. The van der Waals surface area contributed by atoms with E-state index in [1.54, 1.807) is 0 Å². The second-order valence-corrected chi connectivity index (χ2v) is 4.00. The van der Waals surface area contributed by atoms with Crippen molar-refractivity contribution in [2.24, 2.45) is 0 Å². The van der Waals surface area contributed by atoms with Gasteiger partial charge in [0.05, 0.1) is 17.8 Å². The van der Waals surface area contributed by atoms with Crippen molar-refractivity contribution in [1.29, 1.82) is 0 Å². The van der Waals surface area contributed by atoms with E-state index in [9.17, 15) is 5.11 Å². The van der Waals surface area contributed by atoms with Crippen LogP contribution in [0.1, 0.15) is 32.6 Å². The van der Waals surface area contributed by atoms with Gasteiger partial charge in [0.15, 0.2) is 0 Å². The lowest BCUT2D eigenvalue weighted by Gasteiger charge is -2.37. The number of hydrogen-bond acceptors (Lipinski definition) is 2. The van der Waals surface area contributed by atoms with Crippen LogP contribution < -0.4 is 0 Å². The van der Waals surface area contributed by atoms with E-state index in [4.69, 9.17) is 4.74 Å². The van der Waals surface area contributed by atoms with Crippen molar-refractivity contribution in [3.8, 4) is 0 Å². The largest absolute Gasteiger partial charge is 0.388 e. The Morgan fingerprint density at radius 2 is 2.10 bits per heavy atom. The van der Waals surface area contributed by atoms with Crippen LogP contribution in [0.15, 0.2) is 0 Å². The molecule has 0 bridgehead atoms. The zero-order chi connectivity index (χ0) is 7.24. The number of aliphatic hydroxyl groups is 1. The van der Waals surface area contributed by atoms with Gasteiger partial charge in [-0.3, -0.25) is 0 Å². The van der Waals surface area contributed by atoms with Crippen LogP contribution >= 0.6 is 0 Å². The lowest BCUT2D eigenvalue weighted by Crippen LogP contribution is -2.37. The Morgan fingerprint density at radius 3 is 2.30 bits per heavy atom. The standard InChI is InChI=1S/C8H14O2/c1-7(9)5-8(10-6-7)3-2-4-8/h9H,2-6H2,1H3. The van der Waals surface area contributed by atoms with Crippen molar-refractivity contribution in [1.82, 2.24) is 0 Å². The molecule has 2 aliphatic rings. The summed E-state index contributed by atoms with van der Waals surface area (Å²) in [6.07, 6.45) is 4.43. The predicted octanol–water partition coefficient (Wildman–Crippen LogP) is 1.08. The minimum atomic E-state index is -0.541. The summed E-state index contributed by atoms with van der Waals surface area (Å²) in [5.41, 5.74) is -0.441. The minimum Gasteiger partial charge on any atom is -0.388 e. The van der Waals surface area contributed by atoms with Crippen LogP contribution in [0.2, 0.25) is 0 Å². The van der Waals surface area contributed by atoms with Gasteiger partial charge in [0.25, 0.3) is 0 Å². The molecule has 2 fully saturated rings. The van der Waals surface area contributed by atoms with Gasteiger partial charge in [-0.15, -0.1) is 0 Å². The molecule has 0 amide bonds. The highest BCUT2D eigenvalue weighted by Crippen LogP contribution is 2.46. The molecular weight excluding hydrogens is 128 g/mol. The molecule has 0 radical (unpaired) electrons. The number of ether oxygens (including phenoxy) is 1. The average Bonchev–Trinajstić information content (AvgIpc) is 2.04. The molecule has 0 aromatic carbocycles. The Bertz CT molecular complexity index is 147. The average molecular weight is 142 g/mol. The van der Waals surface area contributed by atoms with E-state index in [0.29, 0.717) is 6.61 Å². The van der Waals surface area contributed by atoms with E-state index < -0.39 is 5.60 Å². The van der Waals surface area contributed by atoms with E-state index in [-0.39, 0.29) is 5.60 Å². The van der Waals surface area contributed by atoms with E-state index in [2.05, 4.69) is 0 Å². The monoisotopic (exact) mass is 142 g/mol. The Morgan fingerprint density at radius 1 is 1.40 bits per heavy atom. The molecule has 1 saturated heterocycles. The molecule has 1 atom stereocenters. The van der Waals surface area contributed by atoms with Crippen LogP contribution in [0.4, 0.5) is 0 Å². The van der Waals surface area contributed by atoms with Crippen molar-refractivity contribution < 1.29 is 9.84 Å². The van der Waals surface area contributed by atoms with Crippen molar-refractivity contribution in [2.75, 3.05) is 6.61 Å². The summed E-state index contributed by atoms with van der Waals surface area (Å²) < 4.78 is 5.54. The molecule has 2 rings (SSSR count). The molecule has 2 nitrogen and oxygen atoms in total. The van der Waals surface area contributed by atoms with Gasteiger partial charge in [-0.1, -0.05) is 0 Å². The summed E-state index contributed by atoms with van der Waals surface area (Å²) >= 11 is 0. The quantitative estimate of drug-likeness (QED) is 0.548. The van der Waals surface area contributed by atoms with Crippen LogP contribution in [0.25, 0.3) is 0 Å². The Hall–Kier alpha value is -0.0800. The van der Waals surface area contributed by atoms with Crippen molar-refractivity contribution >= 4 is 0 Å². The lowest BCUT2D eigenvalue weighted by atomic mass is 9.76. The maximum absolute atomic E-state index is 9.57. The highest BCUT2D eigenvalue weighted by atomic mass is 16.5.